The molecule has 7 rings (SSSR count). The number of carbonyl (C=O) groups is 5. The molecule has 0 aromatic heterocycles. The standard InChI is InChI=1S/C50H59NO15/c1-29-35(65-45(56)40(54)39(34-21-15-10-16-22-34)51-46(57)61-26-33-19-13-9-14-20-33)24-50(58)44(60-25-32-17-11-8-12-18-32)42-48(6,43(55)41(64-30(2)52)38(29)47(50,4)5)36(63-28-59-7)23-37-49(42,27-62-37)66-31(3)53/h8-22,35-37,39-42,44,54,58H,23-28H2,1-7H3,(H,51,57)/t35?,36-,37+,39-,40+,41+,42?,44-,48+,49-,50+/m0/s1. The minimum atomic E-state index is -2.15. The number of hydrogen-bond acceptors (Lipinski definition) is 15. The van der Waals surface area contributed by atoms with Gasteiger partial charge in [-0.1, -0.05) is 105 Å². The number of benzene rings is 3. The topological polar surface area (TPSA) is 212 Å². The quantitative estimate of drug-likeness (QED) is 0.0773. The Morgan fingerprint density at radius 2 is 1.45 bits per heavy atom. The lowest BCUT2D eigenvalue weighted by Gasteiger charge is -2.68. The van der Waals surface area contributed by atoms with Crippen molar-refractivity contribution < 1.29 is 72.1 Å². The molecular weight excluding hydrogens is 855 g/mol. The maximum Gasteiger partial charge on any atom is 0.408 e. The Labute approximate surface area is 383 Å². The summed E-state index contributed by atoms with van der Waals surface area (Å²) in [5.74, 6) is -4.58. The van der Waals surface area contributed by atoms with Crippen LogP contribution in [0.2, 0.25) is 0 Å². The number of hydrogen-bond donors (Lipinski definition) is 3. The molecule has 0 spiro atoms. The zero-order valence-corrected chi connectivity index (χ0v) is 38.2. The van der Waals surface area contributed by atoms with Crippen LogP contribution in [0.3, 0.4) is 0 Å². The number of carbonyl (C=O) groups excluding carboxylic acids is 5. The van der Waals surface area contributed by atoms with E-state index >= 15 is 4.79 Å². The van der Waals surface area contributed by atoms with E-state index in [2.05, 4.69) is 5.32 Å². The van der Waals surface area contributed by atoms with Gasteiger partial charge in [-0.2, -0.15) is 0 Å². The number of nitrogens with one attached hydrogen (secondary N) is 1. The number of aliphatic hydroxyl groups excluding tert-OH is 1. The SMILES string of the molecule is COCO[C@H]1C[C@H]2OC[C@@]2(OC(C)=O)C2[C@H](OCc3ccccc3)[C@]3(O)CC(OC(=O)[C@H](O)[C@@H](NC(=O)OCc4ccccc4)c4ccccc4)C(C)=C([C@@H](OC(C)=O)C(=O)[C@@]21C)C3(C)C. The summed E-state index contributed by atoms with van der Waals surface area (Å²) in [7, 11) is 1.43. The Morgan fingerprint density at radius 3 is 2.02 bits per heavy atom. The van der Waals surface area contributed by atoms with Crippen LogP contribution in [0.25, 0.3) is 0 Å². The van der Waals surface area contributed by atoms with E-state index in [4.69, 9.17) is 37.9 Å². The summed E-state index contributed by atoms with van der Waals surface area (Å²) in [6, 6.07) is 25.0. The molecule has 4 aliphatic rings. The molecule has 3 aromatic rings. The van der Waals surface area contributed by atoms with E-state index in [1.54, 1.807) is 82.3 Å². The fourth-order valence-corrected chi connectivity index (χ4v) is 10.7. The average Bonchev–Trinajstić information content (AvgIpc) is 3.28. The van der Waals surface area contributed by atoms with Crippen LogP contribution < -0.4 is 5.32 Å². The summed E-state index contributed by atoms with van der Waals surface area (Å²) in [4.78, 5) is 69.9. The molecule has 16 nitrogen and oxygen atoms in total. The molecule has 66 heavy (non-hydrogen) atoms. The Morgan fingerprint density at radius 1 is 0.848 bits per heavy atom. The van der Waals surface area contributed by atoms with Crippen LogP contribution in [0, 0.1) is 16.7 Å². The van der Waals surface area contributed by atoms with E-state index in [0.29, 0.717) is 16.7 Å². The first-order valence-electron chi connectivity index (χ1n) is 22.0. The Hall–Kier alpha value is -5.49. The Bertz CT molecular complexity index is 2290. The van der Waals surface area contributed by atoms with Crippen molar-refractivity contribution in [2.75, 3.05) is 20.5 Å². The van der Waals surface area contributed by atoms with E-state index in [-0.39, 0.29) is 50.6 Å². The molecule has 16 heteroatoms. The summed E-state index contributed by atoms with van der Waals surface area (Å²) in [5.41, 5.74) is -4.78. The molecule has 354 valence electrons. The molecule has 2 unspecified atom stereocenters. The largest absolute Gasteiger partial charge is 0.456 e. The molecule has 3 aromatic carbocycles. The lowest BCUT2D eigenvalue weighted by atomic mass is 9.44. The van der Waals surface area contributed by atoms with Gasteiger partial charge in [0.15, 0.2) is 23.6 Å². The summed E-state index contributed by atoms with van der Waals surface area (Å²) in [6.45, 7) is 8.43. The molecule has 3 aliphatic carbocycles. The number of alkyl carbamates (subject to hydrolysis) is 1. The molecule has 1 saturated heterocycles. The number of amides is 1. The molecule has 1 heterocycles. The normalized spacial score (nSPS) is 30.7. The first-order chi connectivity index (χ1) is 31.4. The molecule has 0 radical (unpaired) electrons. The van der Waals surface area contributed by atoms with Crippen LogP contribution in [0.4, 0.5) is 4.79 Å². The van der Waals surface area contributed by atoms with E-state index in [1.807, 2.05) is 36.4 Å². The molecular formula is C50H59NO15. The number of methoxy groups -OCH3 is 1. The van der Waals surface area contributed by atoms with Crippen molar-refractivity contribution in [3.05, 3.63) is 119 Å². The first-order valence-corrected chi connectivity index (χ1v) is 22.0. The van der Waals surface area contributed by atoms with E-state index in [9.17, 15) is 29.4 Å². The second kappa shape index (κ2) is 19.4. The molecule has 1 aliphatic heterocycles. The van der Waals surface area contributed by atoms with Gasteiger partial charge in [-0.05, 0) is 41.7 Å². The highest BCUT2D eigenvalue weighted by atomic mass is 16.7. The van der Waals surface area contributed by atoms with Crippen molar-refractivity contribution in [1.29, 1.82) is 0 Å². The van der Waals surface area contributed by atoms with Gasteiger partial charge in [-0.25, -0.2) is 9.59 Å². The van der Waals surface area contributed by atoms with Gasteiger partial charge >= 0.3 is 24.0 Å². The van der Waals surface area contributed by atoms with E-state index in [0.717, 1.165) is 6.92 Å². The third kappa shape index (κ3) is 8.89. The monoisotopic (exact) mass is 913 g/mol. The average molecular weight is 914 g/mol. The van der Waals surface area contributed by atoms with Crippen LogP contribution >= 0.6 is 0 Å². The van der Waals surface area contributed by atoms with Gasteiger partial charge in [-0.3, -0.25) is 14.4 Å². The second-order valence-corrected chi connectivity index (χ2v) is 18.3. The van der Waals surface area contributed by atoms with Crippen molar-refractivity contribution in [1.82, 2.24) is 5.32 Å². The summed E-state index contributed by atoms with van der Waals surface area (Å²) < 4.78 is 48.6. The predicted molar refractivity (Wildman–Crippen MR) is 234 cm³/mol. The van der Waals surface area contributed by atoms with Gasteiger partial charge in [-0.15, -0.1) is 0 Å². The van der Waals surface area contributed by atoms with E-state index in [1.165, 1.54) is 14.0 Å². The van der Waals surface area contributed by atoms with Crippen molar-refractivity contribution in [3.63, 3.8) is 0 Å². The zero-order valence-electron chi connectivity index (χ0n) is 38.2. The fourth-order valence-electron chi connectivity index (χ4n) is 10.7. The maximum absolute atomic E-state index is 15.9. The van der Waals surface area contributed by atoms with Crippen molar-refractivity contribution >= 4 is 29.8 Å². The van der Waals surface area contributed by atoms with Gasteiger partial charge in [0, 0.05) is 45.1 Å². The smallest absolute Gasteiger partial charge is 0.408 e. The Kier molecular flexibility index (Phi) is 14.2. The molecule has 2 bridgehead atoms. The lowest BCUT2D eigenvalue weighted by Crippen LogP contribution is -2.82. The van der Waals surface area contributed by atoms with Crippen molar-refractivity contribution in [2.24, 2.45) is 16.7 Å². The van der Waals surface area contributed by atoms with Gasteiger partial charge in [0.05, 0.1) is 36.9 Å². The highest BCUT2D eigenvalue weighted by molar-refractivity contribution is 5.95. The summed E-state index contributed by atoms with van der Waals surface area (Å²) >= 11 is 0. The number of ether oxygens (including phenoxy) is 8. The van der Waals surface area contributed by atoms with Gasteiger partial charge in [0.2, 0.25) is 0 Å². The van der Waals surface area contributed by atoms with E-state index < -0.39 is 100 Å². The lowest BCUT2D eigenvalue weighted by molar-refractivity contribution is -0.357. The van der Waals surface area contributed by atoms with Crippen LogP contribution in [0.1, 0.15) is 77.1 Å². The summed E-state index contributed by atoms with van der Waals surface area (Å²) in [6.07, 6.45) is -9.62. The predicted octanol–water partition coefficient (Wildman–Crippen LogP) is 5.22. The third-order valence-corrected chi connectivity index (χ3v) is 14.0. The fraction of sp³-hybridized carbons (Fsp3) is 0.500. The minimum Gasteiger partial charge on any atom is -0.456 e. The van der Waals surface area contributed by atoms with Gasteiger partial charge in [0.25, 0.3) is 0 Å². The van der Waals surface area contributed by atoms with Crippen LogP contribution in [0.5, 0.6) is 0 Å². The van der Waals surface area contributed by atoms with Crippen LogP contribution in [-0.4, -0.2) is 108 Å². The Balaban J connectivity index is 1.35. The highest BCUT2D eigenvalue weighted by Crippen LogP contribution is 2.65. The first kappa shape index (κ1) is 48.4. The van der Waals surface area contributed by atoms with Crippen LogP contribution in [-0.2, 0) is 70.3 Å². The van der Waals surface area contributed by atoms with Crippen LogP contribution in [0.15, 0.2) is 102 Å². The number of esters is 3. The minimum absolute atomic E-state index is 0.0575. The number of aliphatic hydroxyl groups is 2. The molecule has 11 atom stereocenters. The molecule has 2 saturated carbocycles. The summed E-state index contributed by atoms with van der Waals surface area (Å²) in [5, 5.41) is 28.4. The number of fused-ring (bicyclic) bond motifs is 5. The third-order valence-electron chi connectivity index (χ3n) is 14.0. The molecule has 3 fully saturated rings. The number of ketones is 1. The maximum atomic E-state index is 15.9. The van der Waals surface area contributed by atoms with Crippen molar-refractivity contribution in [2.45, 2.75) is 121 Å². The van der Waals surface area contributed by atoms with Gasteiger partial charge in [0.1, 0.15) is 31.2 Å². The van der Waals surface area contributed by atoms with Crippen molar-refractivity contribution in [3.8, 4) is 0 Å². The number of Topliss-reactive ketones (excluding diaryl/α,β-unsaturated/α-hetero) is 1. The van der Waals surface area contributed by atoms with Gasteiger partial charge < -0.3 is 53.4 Å². The number of rotatable bonds is 15. The molecule has 1 amide bonds. The highest BCUT2D eigenvalue weighted by Gasteiger charge is 2.78. The molecule has 3 N–H and O–H groups in total. The second-order valence-electron chi connectivity index (χ2n) is 18.3. The zero-order chi connectivity index (χ0) is 47.6.